The van der Waals surface area contributed by atoms with Crippen LogP contribution in [0.4, 0.5) is 5.95 Å². The summed E-state index contributed by atoms with van der Waals surface area (Å²) in [4.78, 5) is 15.9. The molecule has 1 aromatic heterocycles. The van der Waals surface area contributed by atoms with Crippen LogP contribution < -0.4 is 5.32 Å². The molecule has 8 nitrogen and oxygen atoms in total. The van der Waals surface area contributed by atoms with Crippen molar-refractivity contribution in [2.75, 3.05) is 24.2 Å². The largest absolute Gasteiger partial charge is 0.295 e. The number of hydrogen-bond acceptors (Lipinski definition) is 5. The molecule has 0 saturated carbocycles. The van der Waals surface area contributed by atoms with Crippen molar-refractivity contribution in [1.29, 1.82) is 0 Å². The Morgan fingerprint density at radius 2 is 2.40 bits per heavy atom. The van der Waals surface area contributed by atoms with Gasteiger partial charge < -0.3 is 0 Å². The third-order valence-corrected chi connectivity index (χ3v) is 5.31. The number of aromatic nitrogens is 3. The summed E-state index contributed by atoms with van der Waals surface area (Å²) in [6.45, 7) is 2.56. The summed E-state index contributed by atoms with van der Waals surface area (Å²) in [6, 6.07) is 0. The van der Waals surface area contributed by atoms with E-state index in [4.69, 9.17) is 0 Å². The van der Waals surface area contributed by atoms with E-state index in [0.29, 0.717) is 25.8 Å². The third-order valence-electron chi connectivity index (χ3n) is 3.27. The van der Waals surface area contributed by atoms with Crippen molar-refractivity contribution in [1.82, 2.24) is 19.5 Å². The first-order valence-corrected chi connectivity index (χ1v) is 8.28. The number of amides is 1. The topological polar surface area (TPSA) is 108 Å². The van der Waals surface area contributed by atoms with Gasteiger partial charge in [0.1, 0.15) is 6.33 Å². The molecule has 112 valence electrons. The van der Waals surface area contributed by atoms with Crippen LogP contribution in [-0.4, -0.2) is 52.7 Å². The predicted molar refractivity (Wildman–Crippen MR) is 73.4 cm³/mol. The van der Waals surface area contributed by atoms with Crippen LogP contribution in [0.5, 0.6) is 0 Å². The maximum Gasteiger partial charge on any atom is 0.231 e. The number of rotatable bonds is 5. The maximum absolute atomic E-state index is 12.1. The van der Waals surface area contributed by atoms with E-state index in [0.717, 1.165) is 0 Å². The molecule has 1 amide bonds. The first kappa shape index (κ1) is 14.9. The van der Waals surface area contributed by atoms with E-state index < -0.39 is 10.0 Å². The Balaban J connectivity index is 1.98. The van der Waals surface area contributed by atoms with Crippen molar-refractivity contribution in [3.63, 3.8) is 0 Å². The molecule has 2 rings (SSSR count). The zero-order chi connectivity index (χ0) is 14.6. The minimum atomic E-state index is -3.24. The summed E-state index contributed by atoms with van der Waals surface area (Å²) in [5.41, 5.74) is 0. The molecule has 0 spiro atoms. The molecule has 1 aliphatic rings. The lowest BCUT2D eigenvalue weighted by molar-refractivity contribution is -0.120. The Labute approximate surface area is 118 Å². The molecule has 1 aliphatic heterocycles. The fraction of sp³-hybridized carbons (Fsp3) is 0.727. The van der Waals surface area contributed by atoms with E-state index in [-0.39, 0.29) is 30.1 Å². The number of aromatic amines is 1. The Hall–Kier alpha value is -1.48. The second kappa shape index (κ2) is 6.31. The molecule has 20 heavy (non-hydrogen) atoms. The summed E-state index contributed by atoms with van der Waals surface area (Å²) in [7, 11) is -3.24. The molecule has 0 bridgehead atoms. The Morgan fingerprint density at radius 3 is 3.05 bits per heavy atom. The van der Waals surface area contributed by atoms with E-state index in [1.54, 1.807) is 0 Å². The highest BCUT2D eigenvalue weighted by atomic mass is 32.2. The molecular formula is C11H19N5O3S. The average Bonchev–Trinajstić information content (AvgIpc) is 2.92. The van der Waals surface area contributed by atoms with Gasteiger partial charge in [-0.15, -0.1) is 0 Å². The van der Waals surface area contributed by atoms with Gasteiger partial charge in [-0.25, -0.2) is 17.8 Å². The third kappa shape index (κ3) is 3.54. The monoisotopic (exact) mass is 301 g/mol. The standard InChI is InChI=1S/C11H19N5O3S/c1-2-6-20(18,19)16-5-3-4-9(7-16)10(17)14-11-12-8-13-15-11/h8-9H,2-7H2,1H3,(H2,12,13,14,15,17). The Bertz CT molecular complexity index is 542. The average molecular weight is 301 g/mol. The van der Waals surface area contributed by atoms with E-state index in [2.05, 4.69) is 20.5 Å². The van der Waals surface area contributed by atoms with Gasteiger partial charge in [-0.1, -0.05) is 6.92 Å². The van der Waals surface area contributed by atoms with Crippen LogP contribution in [0.15, 0.2) is 6.33 Å². The zero-order valence-electron chi connectivity index (χ0n) is 11.4. The van der Waals surface area contributed by atoms with Gasteiger partial charge in [0, 0.05) is 13.1 Å². The van der Waals surface area contributed by atoms with Crippen molar-refractivity contribution >= 4 is 21.9 Å². The molecule has 9 heteroatoms. The van der Waals surface area contributed by atoms with Gasteiger partial charge in [-0.3, -0.25) is 10.1 Å². The van der Waals surface area contributed by atoms with Gasteiger partial charge in [0.2, 0.25) is 21.9 Å². The van der Waals surface area contributed by atoms with Crippen LogP contribution in [0.1, 0.15) is 26.2 Å². The quantitative estimate of drug-likeness (QED) is 0.807. The number of nitrogens with zero attached hydrogens (tertiary/aromatic N) is 3. The van der Waals surface area contributed by atoms with Crippen molar-refractivity contribution < 1.29 is 13.2 Å². The first-order valence-electron chi connectivity index (χ1n) is 6.67. The van der Waals surface area contributed by atoms with Gasteiger partial charge in [0.05, 0.1) is 11.7 Å². The molecule has 0 aromatic carbocycles. The molecule has 1 fully saturated rings. The predicted octanol–water partition coefficient (Wildman–Crippen LogP) is 0.195. The number of sulfonamides is 1. The van der Waals surface area contributed by atoms with Gasteiger partial charge in [-0.2, -0.15) is 10.1 Å². The highest BCUT2D eigenvalue weighted by Crippen LogP contribution is 2.20. The summed E-state index contributed by atoms with van der Waals surface area (Å²) < 4.78 is 25.5. The summed E-state index contributed by atoms with van der Waals surface area (Å²) >= 11 is 0. The first-order chi connectivity index (χ1) is 9.53. The minimum absolute atomic E-state index is 0.128. The number of anilines is 1. The van der Waals surface area contributed by atoms with Crippen LogP contribution in [-0.2, 0) is 14.8 Å². The molecular weight excluding hydrogens is 282 g/mol. The van der Waals surface area contributed by atoms with Gasteiger partial charge in [0.15, 0.2) is 0 Å². The normalized spacial score (nSPS) is 20.8. The van der Waals surface area contributed by atoms with Crippen LogP contribution >= 0.6 is 0 Å². The molecule has 1 aromatic rings. The summed E-state index contributed by atoms with van der Waals surface area (Å²) in [6.07, 6.45) is 3.25. The lowest BCUT2D eigenvalue weighted by atomic mass is 9.99. The van der Waals surface area contributed by atoms with Crippen molar-refractivity contribution in [3.05, 3.63) is 6.33 Å². The number of hydrogen-bond donors (Lipinski definition) is 2. The van der Waals surface area contributed by atoms with Crippen LogP contribution in [0.25, 0.3) is 0 Å². The molecule has 2 heterocycles. The fourth-order valence-electron chi connectivity index (χ4n) is 2.28. The van der Waals surface area contributed by atoms with Crippen molar-refractivity contribution in [3.8, 4) is 0 Å². The van der Waals surface area contributed by atoms with Crippen LogP contribution in [0, 0.1) is 5.92 Å². The highest BCUT2D eigenvalue weighted by molar-refractivity contribution is 7.89. The van der Waals surface area contributed by atoms with Crippen molar-refractivity contribution in [2.24, 2.45) is 5.92 Å². The SMILES string of the molecule is CCCS(=O)(=O)N1CCCC(C(=O)Nc2ncn[nH]2)C1. The molecule has 1 unspecified atom stereocenters. The molecule has 2 N–H and O–H groups in total. The van der Waals surface area contributed by atoms with Crippen LogP contribution in [0.2, 0.25) is 0 Å². The summed E-state index contributed by atoms with van der Waals surface area (Å²) in [5, 5.41) is 8.79. The molecule has 1 atom stereocenters. The number of nitrogens with one attached hydrogen (secondary N) is 2. The fourth-order valence-corrected chi connectivity index (χ4v) is 3.87. The van der Waals surface area contributed by atoms with E-state index >= 15 is 0 Å². The summed E-state index contributed by atoms with van der Waals surface area (Å²) in [5.74, 6) is -0.161. The minimum Gasteiger partial charge on any atom is -0.295 e. The number of carbonyl (C=O) groups excluding carboxylic acids is 1. The van der Waals surface area contributed by atoms with E-state index in [1.165, 1.54) is 10.6 Å². The molecule has 0 radical (unpaired) electrons. The maximum atomic E-state index is 12.1. The van der Waals surface area contributed by atoms with E-state index in [1.807, 2.05) is 6.92 Å². The smallest absolute Gasteiger partial charge is 0.231 e. The molecule has 1 saturated heterocycles. The second-order valence-corrected chi connectivity index (χ2v) is 6.92. The van der Waals surface area contributed by atoms with Gasteiger partial charge >= 0.3 is 0 Å². The van der Waals surface area contributed by atoms with Crippen molar-refractivity contribution in [2.45, 2.75) is 26.2 Å². The van der Waals surface area contributed by atoms with E-state index in [9.17, 15) is 13.2 Å². The lowest BCUT2D eigenvalue weighted by Gasteiger charge is -2.30. The Kier molecular flexibility index (Phi) is 4.71. The molecule has 0 aliphatic carbocycles. The Morgan fingerprint density at radius 1 is 1.60 bits per heavy atom. The van der Waals surface area contributed by atoms with Gasteiger partial charge in [-0.05, 0) is 19.3 Å². The van der Waals surface area contributed by atoms with Gasteiger partial charge in [0.25, 0.3) is 0 Å². The van der Waals surface area contributed by atoms with Crippen LogP contribution in [0.3, 0.4) is 0 Å². The number of H-pyrrole nitrogens is 1. The lowest BCUT2D eigenvalue weighted by Crippen LogP contribution is -2.44. The number of piperidine rings is 1. The zero-order valence-corrected chi connectivity index (χ0v) is 12.2. The second-order valence-electron chi connectivity index (χ2n) is 4.84. The highest BCUT2D eigenvalue weighted by Gasteiger charge is 2.32. The number of carbonyl (C=O) groups is 1.